The van der Waals surface area contributed by atoms with Crippen LogP contribution < -0.4 is 5.32 Å². The Morgan fingerprint density at radius 2 is 1.67 bits per heavy atom. The average Bonchev–Trinajstić information content (AvgIpc) is 2.11. The largest absolute Gasteiger partial charge is 0.480 e. The van der Waals surface area contributed by atoms with Crippen molar-refractivity contribution in [2.75, 3.05) is 14.1 Å². The molecule has 0 saturated carbocycles. The number of carbonyl (C=O) groups is 2. The molecule has 5 nitrogen and oxygen atoms in total. The van der Waals surface area contributed by atoms with E-state index in [4.69, 9.17) is 5.11 Å². The van der Waals surface area contributed by atoms with Crippen LogP contribution in [0.15, 0.2) is 0 Å². The minimum atomic E-state index is -0.996. The molecule has 2 N–H and O–H groups in total. The summed E-state index contributed by atoms with van der Waals surface area (Å²) >= 11 is 0. The van der Waals surface area contributed by atoms with Crippen LogP contribution in [0.5, 0.6) is 0 Å². The van der Waals surface area contributed by atoms with Crippen molar-refractivity contribution in [3.63, 3.8) is 0 Å². The number of likely N-dealkylation sites (N-methyl/N-ethyl adjacent to an activating group) is 1. The number of aliphatic carboxylic acids is 1. The summed E-state index contributed by atoms with van der Waals surface area (Å²) < 4.78 is 0. The summed E-state index contributed by atoms with van der Waals surface area (Å²) in [6, 6.07) is -1.15. The first-order valence-electron chi connectivity index (χ1n) is 4.97. The van der Waals surface area contributed by atoms with Gasteiger partial charge in [0, 0.05) is 0 Å². The molecule has 0 rings (SSSR count). The quantitative estimate of drug-likeness (QED) is 0.687. The van der Waals surface area contributed by atoms with E-state index in [2.05, 4.69) is 5.32 Å². The summed E-state index contributed by atoms with van der Waals surface area (Å²) in [4.78, 5) is 24.2. The molecule has 88 valence electrons. The molecular weight excluding hydrogens is 196 g/mol. The van der Waals surface area contributed by atoms with Crippen LogP contribution in [0.2, 0.25) is 0 Å². The molecule has 5 heteroatoms. The van der Waals surface area contributed by atoms with Crippen LogP contribution >= 0.6 is 0 Å². The third-order valence-electron chi connectivity index (χ3n) is 2.38. The maximum absolute atomic E-state index is 11.6. The van der Waals surface area contributed by atoms with Gasteiger partial charge in [0.15, 0.2) is 0 Å². The van der Waals surface area contributed by atoms with Gasteiger partial charge in [0.1, 0.15) is 6.04 Å². The van der Waals surface area contributed by atoms with Gasteiger partial charge in [-0.25, -0.2) is 4.79 Å². The molecule has 0 heterocycles. The topological polar surface area (TPSA) is 69.6 Å². The number of amides is 1. The van der Waals surface area contributed by atoms with Gasteiger partial charge in [-0.15, -0.1) is 0 Å². The minimum absolute atomic E-state index is 0.124. The molecule has 0 fully saturated rings. The third kappa shape index (κ3) is 4.29. The lowest BCUT2D eigenvalue weighted by Crippen LogP contribution is -2.50. The number of nitrogens with one attached hydrogen (secondary N) is 1. The summed E-state index contributed by atoms with van der Waals surface area (Å²) in [7, 11) is 3.55. The smallest absolute Gasteiger partial charge is 0.326 e. The highest BCUT2D eigenvalue weighted by Crippen LogP contribution is 2.03. The van der Waals surface area contributed by atoms with Crippen LogP contribution in [0.1, 0.15) is 20.8 Å². The molecule has 2 atom stereocenters. The van der Waals surface area contributed by atoms with Crippen LogP contribution in [-0.2, 0) is 9.59 Å². The van der Waals surface area contributed by atoms with E-state index in [-0.39, 0.29) is 17.9 Å². The molecule has 0 aliphatic heterocycles. The van der Waals surface area contributed by atoms with E-state index >= 15 is 0 Å². The fourth-order valence-corrected chi connectivity index (χ4v) is 1.02. The van der Waals surface area contributed by atoms with Crippen molar-refractivity contribution in [2.45, 2.75) is 32.9 Å². The lowest BCUT2D eigenvalue weighted by Gasteiger charge is -2.23. The number of nitrogens with zero attached hydrogens (tertiary/aromatic N) is 1. The molecule has 0 spiro atoms. The highest BCUT2D eigenvalue weighted by Gasteiger charge is 2.26. The third-order valence-corrected chi connectivity index (χ3v) is 2.38. The summed E-state index contributed by atoms with van der Waals surface area (Å²) in [5.41, 5.74) is 0. The Morgan fingerprint density at radius 1 is 1.20 bits per heavy atom. The maximum Gasteiger partial charge on any atom is 0.326 e. The molecule has 0 aromatic rings. The van der Waals surface area contributed by atoms with E-state index in [1.807, 2.05) is 0 Å². The Balaban J connectivity index is 4.43. The monoisotopic (exact) mass is 216 g/mol. The molecule has 0 aliphatic rings. The van der Waals surface area contributed by atoms with Gasteiger partial charge in [0.25, 0.3) is 0 Å². The van der Waals surface area contributed by atoms with Gasteiger partial charge in [-0.05, 0) is 26.9 Å². The van der Waals surface area contributed by atoms with Crippen molar-refractivity contribution >= 4 is 11.9 Å². The number of hydrogen-bond acceptors (Lipinski definition) is 3. The number of carboxylic acids is 1. The molecule has 15 heavy (non-hydrogen) atoms. The predicted octanol–water partition coefficient (Wildman–Crippen LogP) is 0.162. The lowest BCUT2D eigenvalue weighted by molar-refractivity contribution is -0.143. The fraction of sp³-hybridized carbons (Fsp3) is 0.800. The van der Waals surface area contributed by atoms with E-state index < -0.39 is 12.0 Å². The number of carboxylic acid groups (broad SMARTS) is 1. The summed E-state index contributed by atoms with van der Waals surface area (Å²) in [5.74, 6) is -1.38. The van der Waals surface area contributed by atoms with Gasteiger partial charge >= 0.3 is 5.97 Å². The molecule has 0 aromatic carbocycles. The summed E-state index contributed by atoms with van der Waals surface area (Å²) in [6.07, 6.45) is 0. The van der Waals surface area contributed by atoms with Gasteiger partial charge < -0.3 is 10.4 Å². The van der Waals surface area contributed by atoms with Gasteiger partial charge in [0.2, 0.25) is 5.91 Å². The maximum atomic E-state index is 11.6. The van der Waals surface area contributed by atoms with E-state index in [0.29, 0.717) is 0 Å². The zero-order valence-electron chi connectivity index (χ0n) is 9.94. The fourth-order valence-electron chi connectivity index (χ4n) is 1.02. The zero-order chi connectivity index (χ0) is 12.2. The Kier molecular flexibility index (Phi) is 5.28. The van der Waals surface area contributed by atoms with Crippen molar-refractivity contribution < 1.29 is 14.7 Å². The molecule has 0 radical (unpaired) electrons. The second-order valence-electron chi connectivity index (χ2n) is 4.21. The Labute approximate surface area is 90.5 Å². The normalized spacial score (nSPS) is 15.1. The molecule has 0 aromatic heterocycles. The van der Waals surface area contributed by atoms with Crippen LogP contribution in [0.4, 0.5) is 0 Å². The first kappa shape index (κ1) is 13.9. The van der Waals surface area contributed by atoms with Gasteiger partial charge in [-0.2, -0.15) is 0 Å². The van der Waals surface area contributed by atoms with E-state index in [0.717, 1.165) is 0 Å². The van der Waals surface area contributed by atoms with Gasteiger partial charge in [-0.1, -0.05) is 13.8 Å². The Hall–Kier alpha value is -1.10. The Bertz CT molecular complexity index is 239. The number of rotatable bonds is 5. The molecule has 0 unspecified atom stereocenters. The van der Waals surface area contributed by atoms with Crippen molar-refractivity contribution in [3.05, 3.63) is 0 Å². The lowest BCUT2D eigenvalue weighted by atomic mass is 10.0. The van der Waals surface area contributed by atoms with Crippen LogP contribution in [0.3, 0.4) is 0 Å². The summed E-state index contributed by atoms with van der Waals surface area (Å²) in [5, 5.41) is 11.4. The minimum Gasteiger partial charge on any atom is -0.480 e. The molecule has 0 bridgehead atoms. The van der Waals surface area contributed by atoms with Crippen molar-refractivity contribution in [1.29, 1.82) is 0 Å². The Morgan fingerprint density at radius 3 is 1.93 bits per heavy atom. The highest BCUT2D eigenvalue weighted by molar-refractivity contribution is 5.86. The molecule has 0 aliphatic carbocycles. The van der Waals surface area contributed by atoms with Crippen molar-refractivity contribution in [2.24, 2.45) is 5.92 Å². The standard InChI is InChI=1S/C10H20N2O3/c1-6(2)8(10(14)15)11-9(13)7(3)12(4)5/h6-8H,1-5H3,(H,11,13)(H,14,15)/t7-,8-/m0/s1. The SMILES string of the molecule is CC(C)[C@H](NC(=O)[C@H](C)N(C)C)C(=O)O. The second kappa shape index (κ2) is 5.70. The van der Waals surface area contributed by atoms with Crippen LogP contribution in [-0.4, -0.2) is 48.1 Å². The highest BCUT2D eigenvalue weighted by atomic mass is 16.4. The summed E-state index contributed by atoms with van der Waals surface area (Å²) in [6.45, 7) is 5.26. The van der Waals surface area contributed by atoms with Gasteiger partial charge in [0.05, 0.1) is 6.04 Å². The van der Waals surface area contributed by atoms with Crippen molar-refractivity contribution in [1.82, 2.24) is 10.2 Å². The average molecular weight is 216 g/mol. The molecule has 1 amide bonds. The molecule has 0 saturated heterocycles. The van der Waals surface area contributed by atoms with Crippen molar-refractivity contribution in [3.8, 4) is 0 Å². The number of hydrogen-bond donors (Lipinski definition) is 2. The zero-order valence-corrected chi connectivity index (χ0v) is 9.94. The van der Waals surface area contributed by atoms with Crippen LogP contribution in [0.25, 0.3) is 0 Å². The van der Waals surface area contributed by atoms with E-state index in [1.165, 1.54) is 0 Å². The number of carbonyl (C=O) groups excluding carboxylic acids is 1. The van der Waals surface area contributed by atoms with E-state index in [1.54, 1.807) is 39.8 Å². The van der Waals surface area contributed by atoms with Gasteiger partial charge in [-0.3, -0.25) is 9.69 Å². The predicted molar refractivity (Wildman–Crippen MR) is 57.6 cm³/mol. The molecular formula is C10H20N2O3. The second-order valence-corrected chi connectivity index (χ2v) is 4.21. The first-order chi connectivity index (χ1) is 6.77. The first-order valence-corrected chi connectivity index (χ1v) is 4.97. The van der Waals surface area contributed by atoms with E-state index in [9.17, 15) is 9.59 Å². The van der Waals surface area contributed by atoms with Crippen LogP contribution in [0, 0.1) is 5.92 Å².